The number of hydrogen-bond acceptors (Lipinski definition) is 4. The smallest absolute Gasteiger partial charge is 0.319 e. The van der Waals surface area contributed by atoms with E-state index >= 15 is 4.39 Å². The highest BCUT2D eigenvalue weighted by Gasteiger charge is 2.19. The number of halogens is 2. The molecule has 8 heteroatoms. The number of hydrogen-bond donors (Lipinski definition) is 3. The van der Waals surface area contributed by atoms with Crippen LogP contribution in [0.1, 0.15) is 53.6 Å². The maximum atomic E-state index is 15.0. The zero-order valence-electron chi connectivity index (χ0n) is 20.3. The van der Waals surface area contributed by atoms with E-state index in [1.807, 2.05) is 6.07 Å². The molecule has 0 radical (unpaired) electrons. The molecule has 1 aliphatic rings. The van der Waals surface area contributed by atoms with Crippen LogP contribution in [-0.2, 0) is 0 Å². The van der Waals surface area contributed by atoms with Gasteiger partial charge in [-0.05, 0) is 79.9 Å². The number of anilines is 3. The van der Waals surface area contributed by atoms with Gasteiger partial charge >= 0.3 is 6.03 Å². The summed E-state index contributed by atoms with van der Waals surface area (Å²) < 4.78 is 21.0. The van der Waals surface area contributed by atoms with Gasteiger partial charge in [0, 0.05) is 21.8 Å². The fraction of sp³-hybridized carbons (Fsp3) is 0.286. The lowest BCUT2D eigenvalue weighted by Crippen LogP contribution is -2.39. The Morgan fingerprint density at radius 2 is 1.69 bits per heavy atom. The lowest BCUT2D eigenvalue weighted by atomic mass is 9.96. The molecule has 1 saturated carbocycles. The first-order valence-corrected chi connectivity index (χ1v) is 12.8. The molecule has 3 aromatic rings. The first kappa shape index (κ1) is 25.7. The molecule has 0 bridgehead atoms. The quantitative estimate of drug-likeness (QED) is 0.267. The van der Waals surface area contributed by atoms with Crippen molar-refractivity contribution in [2.75, 3.05) is 17.7 Å². The second kappa shape index (κ2) is 11.6. The molecule has 0 aliphatic heterocycles. The first-order chi connectivity index (χ1) is 17.3. The van der Waals surface area contributed by atoms with E-state index < -0.39 is 11.6 Å². The Hall–Kier alpha value is -3.39. The minimum Gasteiger partial charge on any atom is -0.497 e. The van der Waals surface area contributed by atoms with Crippen LogP contribution >= 0.6 is 15.9 Å². The van der Waals surface area contributed by atoms with E-state index in [9.17, 15) is 9.59 Å². The molecule has 0 saturated heterocycles. The van der Waals surface area contributed by atoms with Crippen LogP contribution in [0.5, 0.6) is 5.75 Å². The summed E-state index contributed by atoms with van der Waals surface area (Å²) in [5.74, 6) is -0.401. The van der Waals surface area contributed by atoms with E-state index in [0.29, 0.717) is 33.9 Å². The predicted octanol–water partition coefficient (Wildman–Crippen LogP) is 7.33. The summed E-state index contributed by atoms with van der Waals surface area (Å²) >= 11 is 3.44. The van der Waals surface area contributed by atoms with Gasteiger partial charge in [0.05, 0.1) is 24.0 Å². The molecule has 0 atom stereocenters. The molecule has 1 aliphatic carbocycles. The molecule has 2 amide bonds. The second-order valence-electron chi connectivity index (χ2n) is 8.95. The maximum Gasteiger partial charge on any atom is 0.319 e. The third-order valence-corrected chi connectivity index (χ3v) is 6.83. The molecule has 0 aromatic heterocycles. The van der Waals surface area contributed by atoms with Crippen molar-refractivity contribution in [3.63, 3.8) is 0 Å². The number of ether oxygens (including phenoxy) is 1. The van der Waals surface area contributed by atoms with Gasteiger partial charge in [0.2, 0.25) is 0 Å². The molecular formula is C28H29BrFN3O3. The average molecular weight is 554 g/mol. The van der Waals surface area contributed by atoms with E-state index in [1.165, 1.54) is 18.6 Å². The molecule has 0 spiro atoms. The number of nitrogens with one attached hydrogen (secondary N) is 3. The normalized spacial score (nSPS) is 13.7. The zero-order chi connectivity index (χ0) is 25.7. The molecule has 188 valence electrons. The minimum atomic E-state index is -0.637. The molecule has 4 rings (SSSR count). The van der Waals surface area contributed by atoms with Gasteiger partial charge in [0.1, 0.15) is 11.6 Å². The van der Waals surface area contributed by atoms with Crippen LogP contribution in [-0.4, -0.2) is 25.0 Å². The lowest BCUT2D eigenvalue weighted by Gasteiger charge is -2.23. The van der Waals surface area contributed by atoms with Crippen LogP contribution in [0.4, 0.5) is 26.2 Å². The molecule has 0 heterocycles. The third kappa shape index (κ3) is 6.23. The molecule has 0 unspecified atom stereocenters. The summed E-state index contributed by atoms with van der Waals surface area (Å²) in [7, 11) is 1.55. The van der Waals surface area contributed by atoms with Crippen molar-refractivity contribution in [3.8, 4) is 5.75 Å². The van der Waals surface area contributed by atoms with Gasteiger partial charge < -0.3 is 20.7 Å². The van der Waals surface area contributed by atoms with E-state index in [0.717, 1.165) is 30.2 Å². The van der Waals surface area contributed by atoms with Crippen LogP contribution in [0.15, 0.2) is 59.1 Å². The highest BCUT2D eigenvalue weighted by molar-refractivity contribution is 9.10. The standard InChI is InChI=1S/C28H29BrFN3O3/c1-17-14-21(36-2)10-12-22(17)27(34)23-11-9-20(16-24(23)30)31-25-13-8-18(29)15-26(25)33-28(35)32-19-6-4-3-5-7-19/h8-16,19,31H,3-7H2,1-2H3,(H2,32,33,35). The van der Waals surface area contributed by atoms with Gasteiger partial charge in [-0.3, -0.25) is 4.79 Å². The second-order valence-corrected chi connectivity index (χ2v) is 9.87. The van der Waals surface area contributed by atoms with Crippen molar-refractivity contribution in [1.82, 2.24) is 5.32 Å². The molecule has 3 N–H and O–H groups in total. The van der Waals surface area contributed by atoms with Gasteiger partial charge in [-0.15, -0.1) is 0 Å². The maximum absolute atomic E-state index is 15.0. The fourth-order valence-corrected chi connectivity index (χ4v) is 4.78. The predicted molar refractivity (Wildman–Crippen MR) is 144 cm³/mol. The van der Waals surface area contributed by atoms with E-state index in [-0.39, 0.29) is 17.6 Å². The number of ketones is 1. The lowest BCUT2D eigenvalue weighted by molar-refractivity contribution is 0.103. The summed E-state index contributed by atoms with van der Waals surface area (Å²) in [6.45, 7) is 1.79. The highest BCUT2D eigenvalue weighted by atomic mass is 79.9. The average Bonchev–Trinajstić information content (AvgIpc) is 2.86. The molecular weight excluding hydrogens is 525 g/mol. The molecule has 36 heavy (non-hydrogen) atoms. The largest absolute Gasteiger partial charge is 0.497 e. The number of amides is 2. The first-order valence-electron chi connectivity index (χ1n) is 12.0. The van der Waals surface area contributed by atoms with Crippen molar-refractivity contribution < 1.29 is 18.7 Å². The minimum absolute atomic E-state index is 0.0187. The Balaban J connectivity index is 1.50. The van der Waals surface area contributed by atoms with E-state index in [1.54, 1.807) is 50.4 Å². The molecule has 3 aromatic carbocycles. The summed E-state index contributed by atoms with van der Waals surface area (Å²) in [5.41, 5.74) is 2.70. The van der Waals surface area contributed by atoms with Gasteiger partial charge in [-0.25, -0.2) is 9.18 Å². The Morgan fingerprint density at radius 3 is 2.39 bits per heavy atom. The number of aryl methyl sites for hydroxylation is 1. The van der Waals surface area contributed by atoms with Gasteiger partial charge in [-0.2, -0.15) is 0 Å². The van der Waals surface area contributed by atoms with Crippen molar-refractivity contribution in [2.24, 2.45) is 0 Å². The van der Waals surface area contributed by atoms with E-state index in [2.05, 4.69) is 31.9 Å². The monoisotopic (exact) mass is 553 g/mol. The Kier molecular flexibility index (Phi) is 8.25. The van der Waals surface area contributed by atoms with Crippen LogP contribution in [0, 0.1) is 12.7 Å². The van der Waals surface area contributed by atoms with Gasteiger partial charge in [0.25, 0.3) is 0 Å². The highest BCUT2D eigenvalue weighted by Crippen LogP contribution is 2.30. The van der Waals surface area contributed by atoms with Crippen LogP contribution in [0.2, 0.25) is 0 Å². The van der Waals surface area contributed by atoms with Crippen LogP contribution < -0.4 is 20.7 Å². The zero-order valence-corrected chi connectivity index (χ0v) is 21.9. The topological polar surface area (TPSA) is 79.5 Å². The molecule has 1 fully saturated rings. The summed E-state index contributed by atoms with van der Waals surface area (Å²) in [6.07, 6.45) is 5.42. The van der Waals surface area contributed by atoms with Gasteiger partial charge in [0.15, 0.2) is 5.78 Å². The number of methoxy groups -OCH3 is 1. The van der Waals surface area contributed by atoms with Crippen molar-refractivity contribution in [2.45, 2.75) is 45.1 Å². The SMILES string of the molecule is COc1ccc(C(=O)c2ccc(Nc3ccc(Br)cc3NC(=O)NC3CCCCC3)cc2F)c(C)c1. The fourth-order valence-electron chi connectivity index (χ4n) is 4.42. The summed E-state index contributed by atoms with van der Waals surface area (Å²) in [4.78, 5) is 25.6. The van der Waals surface area contributed by atoms with Gasteiger partial charge in [-0.1, -0.05) is 35.2 Å². The van der Waals surface area contributed by atoms with Crippen molar-refractivity contribution >= 4 is 44.8 Å². The van der Waals surface area contributed by atoms with Crippen LogP contribution in [0.3, 0.4) is 0 Å². The molecule has 6 nitrogen and oxygen atoms in total. The third-order valence-electron chi connectivity index (χ3n) is 6.34. The summed E-state index contributed by atoms with van der Waals surface area (Å²) in [5, 5.41) is 9.09. The Labute approximate surface area is 218 Å². The van der Waals surface area contributed by atoms with E-state index in [4.69, 9.17) is 4.74 Å². The summed E-state index contributed by atoms with van der Waals surface area (Å²) in [6, 6.07) is 14.7. The van der Waals surface area contributed by atoms with Crippen molar-refractivity contribution in [1.29, 1.82) is 0 Å². The van der Waals surface area contributed by atoms with Crippen LogP contribution in [0.25, 0.3) is 0 Å². The Bertz CT molecular complexity index is 1270. The number of carbonyl (C=O) groups is 2. The number of benzene rings is 3. The number of carbonyl (C=O) groups excluding carboxylic acids is 2. The van der Waals surface area contributed by atoms with Crippen molar-refractivity contribution in [3.05, 3.63) is 81.6 Å². The number of rotatable bonds is 7. The number of urea groups is 1. The Morgan fingerprint density at radius 1 is 0.944 bits per heavy atom.